The summed E-state index contributed by atoms with van der Waals surface area (Å²) in [6.45, 7) is 0. The van der Waals surface area contributed by atoms with E-state index < -0.39 is 0 Å². The van der Waals surface area contributed by atoms with Gasteiger partial charge in [0, 0.05) is 23.3 Å². The number of hydrogen-bond acceptors (Lipinski definition) is 4. The van der Waals surface area contributed by atoms with Crippen LogP contribution in [-0.2, 0) is 6.42 Å². The Morgan fingerprint density at radius 3 is 2.69 bits per heavy atom. The Hall–Kier alpha value is -1.55. The lowest BCUT2D eigenvalue weighted by molar-refractivity contribution is 0.953. The predicted octanol–water partition coefficient (Wildman–Crippen LogP) is 2.39. The van der Waals surface area contributed by atoms with Crippen LogP contribution in [0.25, 0.3) is 0 Å². The number of aryl methyl sites for hydroxylation is 1. The Balaban J connectivity index is 1.85. The van der Waals surface area contributed by atoms with Gasteiger partial charge in [0.25, 0.3) is 0 Å². The second-order valence-electron chi connectivity index (χ2n) is 3.31. The summed E-state index contributed by atoms with van der Waals surface area (Å²) in [4.78, 5) is 9.59. The minimum absolute atomic E-state index is 0.537. The molecule has 0 aliphatic carbocycles. The maximum atomic E-state index is 5.58. The van der Waals surface area contributed by atoms with Gasteiger partial charge in [0.05, 0.1) is 0 Å². The van der Waals surface area contributed by atoms with Gasteiger partial charge in [-0.25, -0.2) is 9.97 Å². The third kappa shape index (κ3) is 3.24. The summed E-state index contributed by atoms with van der Waals surface area (Å²) in [7, 11) is 0. The molecule has 0 saturated heterocycles. The molecule has 3 nitrogen and oxygen atoms in total. The summed E-state index contributed by atoms with van der Waals surface area (Å²) in [6.07, 6.45) is 2.54. The molecule has 82 valence electrons. The molecule has 0 atom stereocenters. The molecule has 0 aliphatic rings. The number of hydrogen-bond donors (Lipinski definition) is 1. The highest BCUT2D eigenvalue weighted by Gasteiger charge is 1.98. The zero-order valence-corrected chi connectivity index (χ0v) is 9.65. The molecule has 0 radical (unpaired) electrons. The van der Waals surface area contributed by atoms with Crippen molar-refractivity contribution in [3.8, 4) is 0 Å². The lowest BCUT2D eigenvalue weighted by Gasteiger charge is -2.01. The van der Waals surface area contributed by atoms with Gasteiger partial charge in [-0.05, 0) is 18.2 Å². The lowest BCUT2D eigenvalue weighted by Crippen LogP contribution is -1.99. The quantitative estimate of drug-likeness (QED) is 0.821. The molecule has 0 saturated carbocycles. The van der Waals surface area contributed by atoms with Gasteiger partial charge in [-0.2, -0.15) is 0 Å². The molecule has 1 aromatic heterocycles. The Labute approximate surface area is 99.1 Å². The van der Waals surface area contributed by atoms with Crippen LogP contribution in [0.1, 0.15) is 5.82 Å². The molecule has 4 heteroatoms. The first kappa shape index (κ1) is 11.0. The molecule has 0 bridgehead atoms. The van der Waals surface area contributed by atoms with Crippen LogP contribution in [0.3, 0.4) is 0 Å². The minimum atomic E-state index is 0.537. The molecule has 0 aliphatic heterocycles. The van der Waals surface area contributed by atoms with Crippen LogP contribution >= 0.6 is 11.8 Å². The van der Waals surface area contributed by atoms with Gasteiger partial charge < -0.3 is 5.73 Å². The van der Waals surface area contributed by atoms with Crippen LogP contribution in [0.2, 0.25) is 0 Å². The zero-order valence-electron chi connectivity index (χ0n) is 8.84. The third-order valence-electron chi connectivity index (χ3n) is 2.06. The van der Waals surface area contributed by atoms with Gasteiger partial charge >= 0.3 is 0 Å². The monoisotopic (exact) mass is 231 g/mol. The molecular weight excluding hydrogens is 218 g/mol. The SMILES string of the molecule is Nc1ccnc(CCSc2ccccc2)n1. The van der Waals surface area contributed by atoms with E-state index >= 15 is 0 Å². The minimum Gasteiger partial charge on any atom is -0.384 e. The highest BCUT2D eigenvalue weighted by molar-refractivity contribution is 7.99. The van der Waals surface area contributed by atoms with Crippen molar-refractivity contribution in [2.75, 3.05) is 11.5 Å². The number of nitrogens with two attached hydrogens (primary N) is 1. The molecule has 2 aromatic rings. The van der Waals surface area contributed by atoms with Crippen LogP contribution in [0, 0.1) is 0 Å². The van der Waals surface area contributed by atoms with Gasteiger partial charge in [0.1, 0.15) is 11.6 Å². The smallest absolute Gasteiger partial charge is 0.131 e. The van der Waals surface area contributed by atoms with E-state index in [1.807, 2.05) is 18.2 Å². The zero-order chi connectivity index (χ0) is 11.2. The standard InChI is InChI=1S/C12H13N3S/c13-11-6-8-14-12(15-11)7-9-16-10-4-2-1-3-5-10/h1-6,8H,7,9H2,(H2,13,14,15). The van der Waals surface area contributed by atoms with Crippen LogP contribution in [0.4, 0.5) is 5.82 Å². The molecule has 1 aromatic carbocycles. The van der Waals surface area contributed by atoms with Crippen LogP contribution in [-0.4, -0.2) is 15.7 Å². The summed E-state index contributed by atoms with van der Waals surface area (Å²) >= 11 is 1.80. The van der Waals surface area contributed by atoms with E-state index in [9.17, 15) is 0 Å². The van der Waals surface area contributed by atoms with Crippen molar-refractivity contribution in [1.29, 1.82) is 0 Å². The van der Waals surface area contributed by atoms with Crippen molar-refractivity contribution in [1.82, 2.24) is 9.97 Å². The number of benzene rings is 1. The Kier molecular flexibility index (Phi) is 3.77. The van der Waals surface area contributed by atoms with E-state index in [1.54, 1.807) is 24.0 Å². The summed E-state index contributed by atoms with van der Waals surface area (Å²) < 4.78 is 0. The van der Waals surface area contributed by atoms with E-state index in [0.717, 1.165) is 18.0 Å². The van der Waals surface area contributed by atoms with E-state index in [0.29, 0.717) is 5.82 Å². The number of nitrogen functional groups attached to an aromatic ring is 1. The van der Waals surface area contributed by atoms with Crippen LogP contribution in [0.15, 0.2) is 47.5 Å². The van der Waals surface area contributed by atoms with Crippen molar-refractivity contribution in [2.45, 2.75) is 11.3 Å². The fraction of sp³-hybridized carbons (Fsp3) is 0.167. The van der Waals surface area contributed by atoms with Gasteiger partial charge in [-0.1, -0.05) is 18.2 Å². The highest BCUT2D eigenvalue weighted by atomic mass is 32.2. The fourth-order valence-electron chi connectivity index (χ4n) is 1.31. The van der Waals surface area contributed by atoms with Crippen LogP contribution < -0.4 is 5.73 Å². The summed E-state index contributed by atoms with van der Waals surface area (Å²) in [5.74, 6) is 2.31. The second-order valence-corrected chi connectivity index (χ2v) is 4.48. The molecule has 0 spiro atoms. The number of anilines is 1. The van der Waals surface area contributed by atoms with Gasteiger partial charge in [-0.15, -0.1) is 11.8 Å². The first-order valence-corrected chi connectivity index (χ1v) is 6.08. The van der Waals surface area contributed by atoms with E-state index in [4.69, 9.17) is 5.73 Å². The Morgan fingerprint density at radius 1 is 1.12 bits per heavy atom. The second kappa shape index (κ2) is 5.51. The van der Waals surface area contributed by atoms with Crippen molar-refractivity contribution in [3.05, 3.63) is 48.4 Å². The molecule has 0 amide bonds. The average Bonchev–Trinajstić information content (AvgIpc) is 2.30. The first-order valence-electron chi connectivity index (χ1n) is 5.10. The van der Waals surface area contributed by atoms with Crippen molar-refractivity contribution in [2.24, 2.45) is 0 Å². The predicted molar refractivity (Wildman–Crippen MR) is 67.3 cm³/mol. The van der Waals surface area contributed by atoms with Crippen molar-refractivity contribution >= 4 is 17.6 Å². The number of rotatable bonds is 4. The lowest BCUT2D eigenvalue weighted by atomic mass is 10.4. The first-order chi connectivity index (χ1) is 7.84. The van der Waals surface area contributed by atoms with E-state index in [1.165, 1.54) is 4.90 Å². The Morgan fingerprint density at radius 2 is 1.94 bits per heavy atom. The maximum absolute atomic E-state index is 5.58. The van der Waals surface area contributed by atoms with E-state index in [-0.39, 0.29) is 0 Å². The van der Waals surface area contributed by atoms with Crippen molar-refractivity contribution in [3.63, 3.8) is 0 Å². The molecule has 0 fully saturated rings. The average molecular weight is 231 g/mol. The summed E-state index contributed by atoms with van der Waals surface area (Å²) in [5.41, 5.74) is 5.58. The van der Waals surface area contributed by atoms with Gasteiger partial charge in [0.2, 0.25) is 0 Å². The van der Waals surface area contributed by atoms with Crippen molar-refractivity contribution < 1.29 is 0 Å². The molecule has 16 heavy (non-hydrogen) atoms. The molecular formula is C12H13N3S. The maximum Gasteiger partial charge on any atom is 0.131 e. The van der Waals surface area contributed by atoms with Gasteiger partial charge in [-0.3, -0.25) is 0 Å². The normalized spacial score (nSPS) is 10.2. The Bertz CT molecular complexity index is 445. The number of aromatic nitrogens is 2. The van der Waals surface area contributed by atoms with Crippen LogP contribution in [0.5, 0.6) is 0 Å². The largest absolute Gasteiger partial charge is 0.384 e. The molecule has 2 rings (SSSR count). The molecule has 2 N–H and O–H groups in total. The fourth-order valence-corrected chi connectivity index (χ4v) is 2.18. The molecule has 1 heterocycles. The number of nitrogens with zero attached hydrogens (tertiary/aromatic N) is 2. The number of thioether (sulfide) groups is 1. The molecule has 0 unspecified atom stereocenters. The highest BCUT2D eigenvalue weighted by Crippen LogP contribution is 2.17. The van der Waals surface area contributed by atoms with E-state index in [2.05, 4.69) is 22.1 Å². The topological polar surface area (TPSA) is 51.8 Å². The summed E-state index contributed by atoms with van der Waals surface area (Å²) in [6, 6.07) is 12.0. The van der Waals surface area contributed by atoms with Gasteiger partial charge in [0.15, 0.2) is 0 Å². The summed E-state index contributed by atoms with van der Waals surface area (Å²) in [5, 5.41) is 0. The third-order valence-corrected chi connectivity index (χ3v) is 3.08.